The van der Waals surface area contributed by atoms with Crippen molar-refractivity contribution >= 4 is 12.3 Å². The second kappa shape index (κ2) is 4.02. The van der Waals surface area contributed by atoms with Crippen LogP contribution in [0.5, 0.6) is 0 Å². The molecule has 0 unspecified atom stereocenters. The lowest BCUT2D eigenvalue weighted by Gasteiger charge is -1.99. The molecule has 0 aromatic carbocycles. The molecular formula is C6H6N4O2. The summed E-state index contributed by atoms with van der Waals surface area (Å²) in [5.41, 5.74) is 4.23. The summed E-state index contributed by atoms with van der Waals surface area (Å²) in [5.74, 6) is -0.504. The van der Waals surface area contributed by atoms with E-state index < -0.39 is 5.91 Å². The number of hydrogen-bond acceptors (Lipinski definition) is 4. The van der Waals surface area contributed by atoms with Crippen molar-refractivity contribution in [3.8, 4) is 0 Å². The highest BCUT2D eigenvalue weighted by atomic mass is 16.2. The SMILES string of the molecule is O=CNNC(=O)c1cnccn1. The Kier molecular flexibility index (Phi) is 2.72. The Morgan fingerprint density at radius 1 is 1.50 bits per heavy atom. The summed E-state index contributed by atoms with van der Waals surface area (Å²) in [6, 6.07) is 0. The average Bonchev–Trinajstić information content (AvgIpc) is 2.15. The third kappa shape index (κ3) is 2.01. The summed E-state index contributed by atoms with van der Waals surface area (Å²) in [7, 11) is 0. The van der Waals surface area contributed by atoms with E-state index in [1.165, 1.54) is 18.6 Å². The van der Waals surface area contributed by atoms with Crippen LogP contribution in [0.3, 0.4) is 0 Å². The summed E-state index contributed by atoms with van der Waals surface area (Å²) < 4.78 is 0. The highest BCUT2D eigenvalue weighted by Crippen LogP contribution is 1.87. The number of nitrogens with zero attached hydrogens (tertiary/aromatic N) is 2. The first kappa shape index (κ1) is 8.12. The number of carbonyl (C=O) groups excluding carboxylic acids is 2. The molecule has 0 atom stereocenters. The third-order valence-corrected chi connectivity index (χ3v) is 1.04. The number of hydrazine groups is 1. The number of nitrogens with one attached hydrogen (secondary N) is 2. The van der Waals surface area contributed by atoms with Crippen LogP contribution in [0.25, 0.3) is 0 Å². The number of carbonyl (C=O) groups is 2. The zero-order valence-corrected chi connectivity index (χ0v) is 6.02. The maximum Gasteiger partial charge on any atom is 0.289 e. The first-order valence-electron chi connectivity index (χ1n) is 3.10. The van der Waals surface area contributed by atoms with Crippen LogP contribution in [0.4, 0.5) is 0 Å². The Balaban J connectivity index is 2.59. The smallest absolute Gasteiger partial charge is 0.277 e. The molecule has 0 saturated carbocycles. The molecule has 62 valence electrons. The molecule has 1 rings (SSSR count). The van der Waals surface area contributed by atoms with Gasteiger partial charge in [0.05, 0.1) is 6.20 Å². The van der Waals surface area contributed by atoms with E-state index in [0.29, 0.717) is 6.41 Å². The van der Waals surface area contributed by atoms with E-state index in [1.54, 1.807) is 0 Å². The van der Waals surface area contributed by atoms with Crippen molar-refractivity contribution in [2.75, 3.05) is 0 Å². The molecule has 0 aliphatic carbocycles. The third-order valence-electron chi connectivity index (χ3n) is 1.04. The second-order valence-electron chi connectivity index (χ2n) is 1.81. The minimum absolute atomic E-state index is 0.145. The van der Waals surface area contributed by atoms with Gasteiger partial charge in [-0.1, -0.05) is 0 Å². The van der Waals surface area contributed by atoms with E-state index in [4.69, 9.17) is 0 Å². The molecular weight excluding hydrogens is 160 g/mol. The predicted octanol–water partition coefficient (Wildman–Crippen LogP) is -1.13. The van der Waals surface area contributed by atoms with Crippen molar-refractivity contribution in [1.82, 2.24) is 20.8 Å². The molecule has 0 bridgehead atoms. The number of rotatable bonds is 3. The molecule has 1 aromatic rings. The summed E-state index contributed by atoms with van der Waals surface area (Å²) in [5, 5.41) is 0. The van der Waals surface area contributed by atoms with Crippen LogP contribution in [-0.4, -0.2) is 22.3 Å². The Labute approximate surface area is 68.0 Å². The lowest BCUT2D eigenvalue weighted by molar-refractivity contribution is -0.110. The van der Waals surface area contributed by atoms with E-state index in [0.717, 1.165) is 0 Å². The lowest BCUT2D eigenvalue weighted by atomic mass is 10.4. The summed E-state index contributed by atoms with van der Waals surface area (Å²) >= 11 is 0. The van der Waals surface area contributed by atoms with E-state index in [-0.39, 0.29) is 5.69 Å². The minimum atomic E-state index is -0.504. The van der Waals surface area contributed by atoms with Gasteiger partial charge in [-0.2, -0.15) is 0 Å². The Hall–Kier alpha value is -1.98. The normalized spacial score (nSPS) is 8.67. The molecule has 0 aliphatic rings. The van der Waals surface area contributed by atoms with Crippen LogP contribution in [0.15, 0.2) is 18.6 Å². The van der Waals surface area contributed by atoms with Crippen molar-refractivity contribution in [3.05, 3.63) is 24.3 Å². The number of aromatic nitrogens is 2. The minimum Gasteiger partial charge on any atom is -0.277 e. The molecule has 0 saturated heterocycles. The zero-order chi connectivity index (χ0) is 8.81. The topological polar surface area (TPSA) is 84.0 Å². The highest BCUT2D eigenvalue weighted by Gasteiger charge is 2.03. The maximum absolute atomic E-state index is 11.0. The van der Waals surface area contributed by atoms with Crippen molar-refractivity contribution in [1.29, 1.82) is 0 Å². The molecule has 6 heteroatoms. The van der Waals surface area contributed by atoms with Crippen LogP contribution < -0.4 is 10.9 Å². The van der Waals surface area contributed by atoms with Crippen LogP contribution in [0, 0.1) is 0 Å². The molecule has 0 spiro atoms. The van der Waals surface area contributed by atoms with Gasteiger partial charge in [-0.15, -0.1) is 0 Å². The fraction of sp³-hybridized carbons (Fsp3) is 0. The van der Waals surface area contributed by atoms with Crippen LogP contribution in [-0.2, 0) is 4.79 Å². The average molecular weight is 166 g/mol. The van der Waals surface area contributed by atoms with Gasteiger partial charge in [0.1, 0.15) is 5.69 Å². The Morgan fingerprint density at radius 2 is 2.33 bits per heavy atom. The molecule has 0 radical (unpaired) electrons. The van der Waals surface area contributed by atoms with Crippen LogP contribution in [0.2, 0.25) is 0 Å². The first-order chi connectivity index (χ1) is 5.84. The van der Waals surface area contributed by atoms with Gasteiger partial charge in [-0.3, -0.25) is 25.4 Å². The van der Waals surface area contributed by atoms with Crippen LogP contribution in [0.1, 0.15) is 10.5 Å². The van der Waals surface area contributed by atoms with Gasteiger partial charge in [0.15, 0.2) is 0 Å². The van der Waals surface area contributed by atoms with E-state index in [9.17, 15) is 9.59 Å². The fourth-order valence-corrected chi connectivity index (χ4v) is 0.575. The van der Waals surface area contributed by atoms with Gasteiger partial charge in [-0.05, 0) is 0 Å². The highest BCUT2D eigenvalue weighted by molar-refractivity contribution is 5.92. The molecule has 0 fully saturated rings. The monoisotopic (exact) mass is 166 g/mol. The van der Waals surface area contributed by atoms with Gasteiger partial charge in [0, 0.05) is 12.4 Å². The van der Waals surface area contributed by atoms with E-state index >= 15 is 0 Å². The zero-order valence-electron chi connectivity index (χ0n) is 6.02. The molecule has 0 aliphatic heterocycles. The van der Waals surface area contributed by atoms with Crippen LogP contribution >= 0.6 is 0 Å². The molecule has 2 amide bonds. The predicted molar refractivity (Wildman–Crippen MR) is 38.7 cm³/mol. The molecule has 12 heavy (non-hydrogen) atoms. The fourth-order valence-electron chi connectivity index (χ4n) is 0.575. The number of hydrogen-bond donors (Lipinski definition) is 2. The Bertz CT molecular complexity index is 274. The number of amides is 2. The van der Waals surface area contributed by atoms with Crippen molar-refractivity contribution in [3.63, 3.8) is 0 Å². The molecule has 2 N–H and O–H groups in total. The molecule has 1 heterocycles. The lowest BCUT2D eigenvalue weighted by Crippen LogP contribution is -2.36. The van der Waals surface area contributed by atoms with E-state index in [2.05, 4.69) is 15.4 Å². The maximum atomic E-state index is 11.0. The molecule has 6 nitrogen and oxygen atoms in total. The standard InChI is InChI=1S/C6H6N4O2/c11-4-9-10-6(12)5-3-7-1-2-8-5/h1-4H,(H,9,11)(H,10,12). The van der Waals surface area contributed by atoms with Gasteiger partial charge in [0.2, 0.25) is 6.41 Å². The van der Waals surface area contributed by atoms with Crippen molar-refractivity contribution < 1.29 is 9.59 Å². The van der Waals surface area contributed by atoms with E-state index in [1.807, 2.05) is 5.43 Å². The largest absolute Gasteiger partial charge is 0.289 e. The van der Waals surface area contributed by atoms with Gasteiger partial charge >= 0.3 is 0 Å². The second-order valence-corrected chi connectivity index (χ2v) is 1.81. The van der Waals surface area contributed by atoms with Gasteiger partial charge in [-0.25, -0.2) is 4.98 Å². The first-order valence-corrected chi connectivity index (χ1v) is 3.10. The Morgan fingerprint density at radius 3 is 2.92 bits per heavy atom. The van der Waals surface area contributed by atoms with Gasteiger partial charge in [0.25, 0.3) is 5.91 Å². The quantitative estimate of drug-likeness (QED) is 0.439. The summed E-state index contributed by atoms with van der Waals surface area (Å²) in [6.07, 6.45) is 4.48. The molecule has 1 aromatic heterocycles. The van der Waals surface area contributed by atoms with Crippen molar-refractivity contribution in [2.24, 2.45) is 0 Å². The summed E-state index contributed by atoms with van der Waals surface area (Å²) in [6.45, 7) is 0. The summed E-state index contributed by atoms with van der Waals surface area (Å²) in [4.78, 5) is 28.1. The van der Waals surface area contributed by atoms with Gasteiger partial charge < -0.3 is 0 Å². The van der Waals surface area contributed by atoms with Crippen molar-refractivity contribution in [2.45, 2.75) is 0 Å².